The molecule has 0 radical (unpaired) electrons. The summed E-state index contributed by atoms with van der Waals surface area (Å²) in [6.45, 7) is 2.79. The molecule has 2 N–H and O–H groups in total. The summed E-state index contributed by atoms with van der Waals surface area (Å²) in [5.41, 5.74) is 3.32. The molecular weight excluding hydrogens is 290 g/mol. The summed E-state index contributed by atoms with van der Waals surface area (Å²) in [5, 5.41) is 12.6. The molecule has 0 fully saturated rings. The number of rotatable bonds is 7. The average Bonchev–Trinajstić information content (AvgIpc) is 2.59. The molecule has 0 aliphatic heterocycles. The molecule has 2 aromatic rings. The van der Waals surface area contributed by atoms with Crippen molar-refractivity contribution < 1.29 is 14.6 Å². The summed E-state index contributed by atoms with van der Waals surface area (Å²) in [5.74, 6) is -0.162. The molecule has 0 saturated heterocycles. The Morgan fingerprint density at radius 2 is 1.70 bits per heavy atom. The van der Waals surface area contributed by atoms with Crippen molar-refractivity contribution in [3.63, 3.8) is 0 Å². The van der Waals surface area contributed by atoms with Crippen LogP contribution in [0.25, 0.3) is 0 Å². The largest absolute Gasteiger partial charge is 0.508 e. The second-order valence-corrected chi connectivity index (χ2v) is 5.42. The van der Waals surface area contributed by atoms with Gasteiger partial charge in [-0.1, -0.05) is 43.3 Å². The van der Waals surface area contributed by atoms with Crippen molar-refractivity contribution in [2.24, 2.45) is 0 Å². The van der Waals surface area contributed by atoms with Crippen LogP contribution < -0.4 is 5.32 Å². The first-order chi connectivity index (χ1) is 11.1. The van der Waals surface area contributed by atoms with E-state index in [0.29, 0.717) is 6.54 Å². The Bertz CT molecular complexity index is 620. The van der Waals surface area contributed by atoms with Gasteiger partial charge in [0.15, 0.2) is 0 Å². The van der Waals surface area contributed by atoms with E-state index in [0.717, 1.165) is 18.4 Å². The molecule has 0 aliphatic rings. The maximum atomic E-state index is 12.0. The minimum Gasteiger partial charge on any atom is -0.508 e. The lowest BCUT2D eigenvalue weighted by atomic mass is 10.1. The van der Waals surface area contributed by atoms with Gasteiger partial charge in [0.1, 0.15) is 11.8 Å². The second kappa shape index (κ2) is 8.34. The van der Waals surface area contributed by atoms with E-state index in [1.54, 1.807) is 24.3 Å². The number of ether oxygens (including phenoxy) is 1. The van der Waals surface area contributed by atoms with Crippen LogP contribution in [-0.2, 0) is 22.4 Å². The summed E-state index contributed by atoms with van der Waals surface area (Å²) >= 11 is 0. The van der Waals surface area contributed by atoms with E-state index in [1.165, 1.54) is 18.2 Å². The Labute approximate surface area is 137 Å². The van der Waals surface area contributed by atoms with E-state index >= 15 is 0 Å². The monoisotopic (exact) mass is 313 g/mol. The molecule has 0 unspecified atom stereocenters. The normalized spacial score (nSPS) is 11.9. The van der Waals surface area contributed by atoms with Crippen LogP contribution in [0.2, 0.25) is 0 Å². The highest BCUT2D eigenvalue weighted by Crippen LogP contribution is 2.18. The first-order valence-corrected chi connectivity index (χ1v) is 7.82. The number of carbonyl (C=O) groups is 1. The summed E-state index contributed by atoms with van der Waals surface area (Å²) in [7, 11) is 1.38. The maximum Gasteiger partial charge on any atom is 0.327 e. The minimum absolute atomic E-state index is 0.174. The van der Waals surface area contributed by atoms with E-state index in [4.69, 9.17) is 4.74 Å². The molecule has 2 rings (SSSR count). The van der Waals surface area contributed by atoms with E-state index in [2.05, 4.69) is 36.5 Å². The predicted octanol–water partition coefficient (Wildman–Crippen LogP) is 3.00. The Balaban J connectivity index is 1.98. The maximum absolute atomic E-state index is 12.0. The van der Waals surface area contributed by atoms with E-state index in [-0.39, 0.29) is 11.7 Å². The van der Waals surface area contributed by atoms with Gasteiger partial charge in [-0.25, -0.2) is 4.79 Å². The number of aromatic hydroxyl groups is 1. The third kappa shape index (κ3) is 4.83. The number of carbonyl (C=O) groups excluding carboxylic acids is 1. The zero-order valence-electron chi connectivity index (χ0n) is 13.6. The second-order valence-electron chi connectivity index (χ2n) is 5.42. The fourth-order valence-electron chi connectivity index (χ4n) is 2.42. The number of benzene rings is 2. The number of hydrogen-bond acceptors (Lipinski definition) is 4. The van der Waals surface area contributed by atoms with E-state index in [1.807, 2.05) is 0 Å². The van der Waals surface area contributed by atoms with Crippen LogP contribution in [0.4, 0.5) is 0 Å². The quantitative estimate of drug-likeness (QED) is 0.772. The van der Waals surface area contributed by atoms with Crippen LogP contribution in [0.3, 0.4) is 0 Å². The molecule has 122 valence electrons. The zero-order valence-corrected chi connectivity index (χ0v) is 13.6. The van der Waals surface area contributed by atoms with Gasteiger partial charge in [-0.15, -0.1) is 0 Å². The number of phenolic OH excluding ortho intramolecular Hbond substituents is 1. The van der Waals surface area contributed by atoms with Crippen molar-refractivity contribution in [1.82, 2.24) is 5.32 Å². The molecule has 0 aromatic heterocycles. The summed E-state index contributed by atoms with van der Waals surface area (Å²) < 4.78 is 4.87. The third-order valence-corrected chi connectivity index (χ3v) is 3.86. The van der Waals surface area contributed by atoms with Gasteiger partial charge >= 0.3 is 5.97 Å². The number of nitrogens with one attached hydrogen (secondary N) is 1. The molecule has 0 spiro atoms. The summed E-state index contributed by atoms with van der Waals surface area (Å²) in [6.07, 6.45) is 1.86. The Kier molecular flexibility index (Phi) is 6.18. The lowest BCUT2D eigenvalue weighted by molar-refractivity contribution is -0.143. The van der Waals surface area contributed by atoms with Crippen LogP contribution in [0.1, 0.15) is 29.7 Å². The lowest BCUT2D eigenvalue weighted by Gasteiger charge is -2.17. The number of hydrogen-bond donors (Lipinski definition) is 2. The Morgan fingerprint density at radius 3 is 2.26 bits per heavy atom. The molecule has 1 atom stereocenters. The van der Waals surface area contributed by atoms with Crippen molar-refractivity contribution in [3.8, 4) is 5.75 Å². The highest BCUT2D eigenvalue weighted by molar-refractivity contribution is 5.77. The standard InChI is InChI=1S/C19H23NO3/c1-3-14-4-6-15(7-5-14)12-13-20-18(19(22)23-2)16-8-10-17(21)11-9-16/h4-11,18,20-21H,3,12-13H2,1-2H3/t18-/m0/s1. The number of methoxy groups -OCH3 is 1. The number of phenols is 1. The van der Waals surface area contributed by atoms with Gasteiger partial charge in [0.2, 0.25) is 0 Å². The molecule has 4 heteroatoms. The number of aryl methyl sites for hydroxylation is 1. The van der Waals surface area contributed by atoms with Gasteiger partial charge in [-0.05, 0) is 41.7 Å². The molecule has 0 aliphatic carbocycles. The highest BCUT2D eigenvalue weighted by atomic mass is 16.5. The molecule has 0 heterocycles. The van der Waals surface area contributed by atoms with Crippen molar-refractivity contribution in [3.05, 3.63) is 65.2 Å². The fraction of sp³-hybridized carbons (Fsp3) is 0.316. The SMILES string of the molecule is CCc1ccc(CCN[C@H](C(=O)OC)c2ccc(O)cc2)cc1. The van der Waals surface area contributed by atoms with Crippen LogP contribution in [0.5, 0.6) is 5.75 Å². The number of esters is 1. The Hall–Kier alpha value is -2.33. The van der Waals surface area contributed by atoms with Gasteiger partial charge in [0, 0.05) is 6.54 Å². The zero-order chi connectivity index (χ0) is 16.7. The topological polar surface area (TPSA) is 58.6 Å². The molecule has 0 saturated carbocycles. The highest BCUT2D eigenvalue weighted by Gasteiger charge is 2.20. The first kappa shape index (κ1) is 17.0. The van der Waals surface area contributed by atoms with Gasteiger partial charge in [-0.3, -0.25) is 0 Å². The minimum atomic E-state index is -0.532. The molecule has 23 heavy (non-hydrogen) atoms. The van der Waals surface area contributed by atoms with Gasteiger partial charge in [-0.2, -0.15) is 0 Å². The molecule has 0 bridgehead atoms. The Morgan fingerprint density at radius 1 is 1.09 bits per heavy atom. The third-order valence-electron chi connectivity index (χ3n) is 3.86. The molecule has 0 amide bonds. The van der Waals surface area contributed by atoms with Gasteiger partial charge in [0.25, 0.3) is 0 Å². The molecular formula is C19H23NO3. The van der Waals surface area contributed by atoms with Gasteiger partial charge < -0.3 is 15.2 Å². The first-order valence-electron chi connectivity index (χ1n) is 7.82. The average molecular weight is 313 g/mol. The smallest absolute Gasteiger partial charge is 0.327 e. The fourth-order valence-corrected chi connectivity index (χ4v) is 2.42. The van der Waals surface area contributed by atoms with Crippen LogP contribution in [-0.4, -0.2) is 24.7 Å². The summed E-state index contributed by atoms with van der Waals surface area (Å²) in [4.78, 5) is 12.0. The van der Waals surface area contributed by atoms with E-state index in [9.17, 15) is 9.90 Å². The lowest BCUT2D eigenvalue weighted by Crippen LogP contribution is -2.31. The summed E-state index contributed by atoms with van der Waals surface area (Å²) in [6, 6.07) is 14.5. The van der Waals surface area contributed by atoms with Crippen molar-refractivity contribution in [2.75, 3.05) is 13.7 Å². The van der Waals surface area contributed by atoms with Crippen molar-refractivity contribution in [2.45, 2.75) is 25.8 Å². The molecule has 4 nitrogen and oxygen atoms in total. The molecule has 2 aromatic carbocycles. The van der Waals surface area contributed by atoms with Gasteiger partial charge in [0.05, 0.1) is 7.11 Å². The van der Waals surface area contributed by atoms with Crippen LogP contribution in [0, 0.1) is 0 Å². The van der Waals surface area contributed by atoms with Crippen molar-refractivity contribution >= 4 is 5.97 Å². The van der Waals surface area contributed by atoms with Crippen LogP contribution in [0.15, 0.2) is 48.5 Å². The van der Waals surface area contributed by atoms with Crippen molar-refractivity contribution in [1.29, 1.82) is 0 Å². The van der Waals surface area contributed by atoms with E-state index < -0.39 is 6.04 Å². The predicted molar refractivity (Wildman–Crippen MR) is 90.4 cm³/mol. The van der Waals surface area contributed by atoms with Crippen LogP contribution >= 0.6 is 0 Å².